The molecule has 27 heavy (non-hydrogen) atoms. The lowest BCUT2D eigenvalue weighted by atomic mass is 10.2. The highest BCUT2D eigenvalue weighted by molar-refractivity contribution is 7.89. The lowest BCUT2D eigenvalue weighted by molar-refractivity contribution is -0.133. The monoisotopic (exact) mass is 396 g/mol. The molecule has 2 aromatic rings. The Kier molecular flexibility index (Phi) is 6.59. The normalized spacial score (nSPS) is 11.1. The van der Waals surface area contributed by atoms with Gasteiger partial charge in [-0.25, -0.2) is 18.4 Å². The third-order valence-corrected chi connectivity index (χ3v) is 4.25. The molecule has 0 atom stereocenters. The van der Waals surface area contributed by atoms with Crippen LogP contribution in [0.4, 0.5) is 0 Å². The molecule has 10 heteroatoms. The molecule has 0 spiro atoms. The Balaban J connectivity index is 1.87. The van der Waals surface area contributed by atoms with Gasteiger partial charge < -0.3 is 18.8 Å². The molecule has 0 aliphatic rings. The summed E-state index contributed by atoms with van der Waals surface area (Å²) in [5.41, 5.74) is 0.879. The van der Waals surface area contributed by atoms with Crippen molar-refractivity contribution in [3.63, 3.8) is 0 Å². The number of amides is 1. The van der Waals surface area contributed by atoms with Gasteiger partial charge in [-0.2, -0.15) is 0 Å². The van der Waals surface area contributed by atoms with Gasteiger partial charge in [0.15, 0.2) is 6.61 Å². The maximum Gasteiger partial charge on any atom is 0.374 e. The van der Waals surface area contributed by atoms with Gasteiger partial charge in [0.05, 0.1) is 6.61 Å². The molecule has 1 aromatic carbocycles. The molecule has 9 nitrogen and oxygen atoms in total. The molecule has 0 radical (unpaired) electrons. The number of benzene rings is 1. The highest BCUT2D eigenvalue weighted by Gasteiger charge is 2.20. The summed E-state index contributed by atoms with van der Waals surface area (Å²) in [6.45, 7) is 2.26. The van der Waals surface area contributed by atoms with Gasteiger partial charge in [0, 0.05) is 13.6 Å². The van der Waals surface area contributed by atoms with Crippen LogP contribution in [-0.4, -0.2) is 45.5 Å². The minimum Gasteiger partial charge on any atom is -0.494 e. The van der Waals surface area contributed by atoms with E-state index in [1.807, 2.05) is 19.1 Å². The van der Waals surface area contributed by atoms with Crippen molar-refractivity contribution in [3.05, 3.63) is 47.7 Å². The molecule has 1 heterocycles. The van der Waals surface area contributed by atoms with Crippen LogP contribution in [0.25, 0.3) is 0 Å². The Bertz CT molecular complexity index is 904. The number of furan rings is 1. The fourth-order valence-electron chi connectivity index (χ4n) is 2.11. The number of carbonyl (C=O) groups excluding carboxylic acids is 2. The van der Waals surface area contributed by atoms with Gasteiger partial charge in [0.25, 0.3) is 15.9 Å². The molecule has 1 aromatic heterocycles. The third kappa shape index (κ3) is 5.83. The first-order valence-electron chi connectivity index (χ1n) is 7.96. The van der Waals surface area contributed by atoms with Crippen molar-refractivity contribution in [2.45, 2.75) is 18.6 Å². The van der Waals surface area contributed by atoms with E-state index in [9.17, 15) is 18.0 Å². The number of sulfonamides is 1. The summed E-state index contributed by atoms with van der Waals surface area (Å²) in [6, 6.07) is 9.41. The molecule has 0 aliphatic heterocycles. The zero-order valence-electron chi connectivity index (χ0n) is 14.9. The largest absolute Gasteiger partial charge is 0.494 e. The molecular weight excluding hydrogens is 376 g/mol. The van der Waals surface area contributed by atoms with Crippen LogP contribution in [0.5, 0.6) is 5.75 Å². The molecule has 0 saturated heterocycles. The van der Waals surface area contributed by atoms with Crippen LogP contribution in [0.1, 0.15) is 23.0 Å². The van der Waals surface area contributed by atoms with E-state index in [2.05, 4.69) is 0 Å². The lowest BCUT2D eigenvalue weighted by Crippen LogP contribution is -2.30. The van der Waals surface area contributed by atoms with Crippen molar-refractivity contribution in [1.82, 2.24) is 4.90 Å². The molecule has 0 saturated carbocycles. The van der Waals surface area contributed by atoms with Crippen LogP contribution >= 0.6 is 0 Å². The maximum atomic E-state index is 12.1. The quantitative estimate of drug-likeness (QED) is 0.662. The van der Waals surface area contributed by atoms with Crippen molar-refractivity contribution in [1.29, 1.82) is 0 Å². The highest BCUT2D eigenvalue weighted by Crippen LogP contribution is 2.14. The number of carbonyl (C=O) groups is 2. The number of primary sulfonamides is 1. The second kappa shape index (κ2) is 8.69. The van der Waals surface area contributed by atoms with Crippen molar-refractivity contribution in [2.24, 2.45) is 5.14 Å². The summed E-state index contributed by atoms with van der Waals surface area (Å²) in [6.07, 6.45) is 0. The van der Waals surface area contributed by atoms with Gasteiger partial charge in [0.2, 0.25) is 10.9 Å². The zero-order valence-corrected chi connectivity index (χ0v) is 15.7. The summed E-state index contributed by atoms with van der Waals surface area (Å²) in [4.78, 5) is 25.3. The van der Waals surface area contributed by atoms with Gasteiger partial charge in [-0.3, -0.25) is 4.79 Å². The topological polar surface area (TPSA) is 129 Å². The summed E-state index contributed by atoms with van der Waals surface area (Å²) < 4.78 is 37.2. The first-order valence-corrected chi connectivity index (χ1v) is 9.50. The molecule has 1 amide bonds. The minimum atomic E-state index is -4.06. The van der Waals surface area contributed by atoms with E-state index in [4.69, 9.17) is 19.0 Å². The van der Waals surface area contributed by atoms with Crippen LogP contribution in [0, 0.1) is 0 Å². The van der Waals surface area contributed by atoms with Crippen molar-refractivity contribution in [2.75, 3.05) is 20.3 Å². The van der Waals surface area contributed by atoms with E-state index in [1.165, 1.54) is 4.90 Å². The highest BCUT2D eigenvalue weighted by atomic mass is 32.2. The predicted octanol–water partition coefficient (Wildman–Crippen LogP) is 1.14. The van der Waals surface area contributed by atoms with Gasteiger partial charge in [0.1, 0.15) is 5.75 Å². The van der Waals surface area contributed by atoms with Crippen LogP contribution < -0.4 is 9.88 Å². The van der Waals surface area contributed by atoms with E-state index in [-0.39, 0.29) is 5.76 Å². The number of nitrogens with two attached hydrogens (primary N) is 1. The Morgan fingerprint density at radius 1 is 1.15 bits per heavy atom. The smallest absolute Gasteiger partial charge is 0.374 e. The average Bonchev–Trinajstić information content (AvgIpc) is 3.12. The summed E-state index contributed by atoms with van der Waals surface area (Å²) in [7, 11) is -2.49. The lowest BCUT2D eigenvalue weighted by Gasteiger charge is -2.17. The number of likely N-dealkylation sites (N-methyl/N-ethyl adjacent to an activating group) is 1. The first-order chi connectivity index (χ1) is 12.7. The molecule has 0 fully saturated rings. The molecular formula is C17H20N2O7S. The molecule has 0 bridgehead atoms. The van der Waals surface area contributed by atoms with Gasteiger partial charge in [-0.05, 0) is 36.8 Å². The number of nitrogens with zero attached hydrogens (tertiary/aromatic N) is 1. The van der Waals surface area contributed by atoms with Crippen LogP contribution in [0.3, 0.4) is 0 Å². The molecule has 146 valence electrons. The Labute approximate surface area is 156 Å². The Morgan fingerprint density at radius 3 is 2.37 bits per heavy atom. The number of hydrogen-bond acceptors (Lipinski definition) is 7. The predicted molar refractivity (Wildman–Crippen MR) is 94.4 cm³/mol. The SMILES string of the molecule is CCOc1ccc(CN(C)C(=O)COC(=O)c2ccc(S(N)(=O)=O)o2)cc1. The summed E-state index contributed by atoms with van der Waals surface area (Å²) in [5, 5.41) is 4.33. The summed E-state index contributed by atoms with van der Waals surface area (Å²) >= 11 is 0. The first kappa shape index (κ1) is 20.5. The number of rotatable bonds is 8. The van der Waals surface area contributed by atoms with E-state index in [0.717, 1.165) is 23.4 Å². The average molecular weight is 396 g/mol. The second-order valence-electron chi connectivity index (χ2n) is 5.57. The molecule has 0 unspecified atom stereocenters. The fraction of sp³-hybridized carbons (Fsp3) is 0.294. The minimum absolute atomic E-state index is 0.319. The van der Waals surface area contributed by atoms with Gasteiger partial charge in [-0.1, -0.05) is 12.1 Å². The zero-order chi connectivity index (χ0) is 20.0. The fourth-order valence-corrected chi connectivity index (χ4v) is 2.57. The van der Waals surface area contributed by atoms with Crippen LogP contribution in [0.15, 0.2) is 45.9 Å². The standard InChI is InChI=1S/C17H20N2O7S/c1-3-24-13-6-4-12(5-7-13)10-19(2)15(20)11-25-17(21)14-8-9-16(26-14)27(18,22)23/h4-9H,3,10-11H2,1-2H3,(H2,18,22,23). The van der Waals surface area contributed by atoms with E-state index < -0.39 is 33.6 Å². The number of ether oxygens (including phenoxy) is 2. The Hall–Kier alpha value is -2.85. The molecule has 2 rings (SSSR count). The maximum absolute atomic E-state index is 12.1. The van der Waals surface area contributed by atoms with E-state index in [0.29, 0.717) is 13.2 Å². The van der Waals surface area contributed by atoms with Crippen LogP contribution in [0.2, 0.25) is 0 Å². The Morgan fingerprint density at radius 2 is 1.81 bits per heavy atom. The second-order valence-corrected chi connectivity index (χ2v) is 7.06. The third-order valence-electron chi connectivity index (χ3n) is 3.47. The van der Waals surface area contributed by atoms with E-state index >= 15 is 0 Å². The van der Waals surface area contributed by atoms with Gasteiger partial charge >= 0.3 is 5.97 Å². The van der Waals surface area contributed by atoms with Crippen molar-refractivity contribution < 1.29 is 31.9 Å². The van der Waals surface area contributed by atoms with Crippen molar-refractivity contribution in [3.8, 4) is 5.75 Å². The number of hydrogen-bond donors (Lipinski definition) is 1. The number of esters is 1. The van der Waals surface area contributed by atoms with Crippen LogP contribution in [-0.2, 0) is 26.1 Å². The molecule has 2 N–H and O–H groups in total. The van der Waals surface area contributed by atoms with Gasteiger partial charge in [-0.15, -0.1) is 0 Å². The van der Waals surface area contributed by atoms with E-state index in [1.54, 1.807) is 19.2 Å². The molecule has 0 aliphatic carbocycles. The van der Waals surface area contributed by atoms with Crippen molar-refractivity contribution >= 4 is 21.9 Å². The summed E-state index contributed by atoms with van der Waals surface area (Å²) in [5.74, 6) is -1.02.